The van der Waals surface area contributed by atoms with E-state index in [1.807, 2.05) is 0 Å². The van der Waals surface area contributed by atoms with Gasteiger partial charge in [0.15, 0.2) is 29.7 Å². The Morgan fingerprint density at radius 1 is 1.03 bits per heavy atom. The Bertz CT molecular complexity index is 1270. The number of carbonyl (C=O) groups excluding carboxylic acids is 1. The van der Waals surface area contributed by atoms with Crippen molar-refractivity contribution >= 4 is 23.3 Å². The summed E-state index contributed by atoms with van der Waals surface area (Å²) in [5.41, 5.74) is -1.87. The minimum atomic E-state index is -4.87. The van der Waals surface area contributed by atoms with E-state index >= 15 is 0 Å². The van der Waals surface area contributed by atoms with E-state index in [1.54, 1.807) is 6.07 Å². The Morgan fingerprint density at radius 3 is 2.34 bits per heavy atom. The van der Waals surface area contributed by atoms with Crippen LogP contribution in [0.2, 0.25) is 5.02 Å². The molecule has 0 radical (unpaired) electrons. The highest BCUT2D eigenvalue weighted by atomic mass is 35.5. The number of hydrogen-bond acceptors (Lipinski definition) is 7. The predicted molar refractivity (Wildman–Crippen MR) is 114 cm³/mol. The minimum Gasteiger partial charge on any atom is -0.478 e. The molecular weight excluding hydrogens is 502 g/mol. The highest BCUT2D eigenvalue weighted by Gasteiger charge is 2.35. The molecule has 8 nitrogen and oxygen atoms in total. The Hall–Kier alpha value is -4.06. The van der Waals surface area contributed by atoms with Crippen LogP contribution < -0.4 is 14.2 Å². The third-order valence-corrected chi connectivity index (χ3v) is 4.72. The molecule has 13 heteroatoms. The van der Waals surface area contributed by atoms with Crippen LogP contribution in [0, 0.1) is 15.9 Å². The zero-order valence-electron chi connectivity index (χ0n) is 17.6. The third-order valence-electron chi connectivity index (χ3n) is 4.34. The van der Waals surface area contributed by atoms with Crippen LogP contribution in [0.5, 0.6) is 28.7 Å². The van der Waals surface area contributed by atoms with Crippen molar-refractivity contribution in [2.45, 2.75) is 6.18 Å². The van der Waals surface area contributed by atoms with E-state index in [1.165, 1.54) is 18.2 Å². The fourth-order valence-electron chi connectivity index (χ4n) is 2.72. The van der Waals surface area contributed by atoms with Crippen molar-refractivity contribution in [2.75, 3.05) is 13.7 Å². The average molecular weight is 516 g/mol. The van der Waals surface area contributed by atoms with Crippen LogP contribution >= 0.6 is 11.6 Å². The summed E-state index contributed by atoms with van der Waals surface area (Å²) in [6, 6.07) is 9.79. The van der Waals surface area contributed by atoms with Gasteiger partial charge in [0, 0.05) is 12.1 Å². The lowest BCUT2D eigenvalue weighted by Gasteiger charge is -2.15. The predicted octanol–water partition coefficient (Wildman–Crippen LogP) is 6.54. The van der Waals surface area contributed by atoms with Gasteiger partial charge in [-0.05, 0) is 30.3 Å². The Kier molecular flexibility index (Phi) is 7.65. The Balaban J connectivity index is 1.98. The first-order valence-corrected chi connectivity index (χ1v) is 9.87. The summed E-state index contributed by atoms with van der Waals surface area (Å²) in [5.74, 6) is -3.54. The van der Waals surface area contributed by atoms with Crippen molar-refractivity contribution in [1.29, 1.82) is 0 Å². The normalized spacial score (nSPS) is 11.0. The molecule has 184 valence electrons. The zero-order chi connectivity index (χ0) is 25.8. The van der Waals surface area contributed by atoms with Crippen LogP contribution in [0.1, 0.15) is 5.56 Å². The first kappa shape index (κ1) is 25.6. The van der Waals surface area contributed by atoms with Crippen molar-refractivity contribution in [2.24, 2.45) is 0 Å². The number of nitro benzene ring substituents is 1. The molecule has 0 aromatic heterocycles. The molecule has 0 aliphatic heterocycles. The lowest BCUT2D eigenvalue weighted by atomic mass is 10.2. The number of carbonyl (C=O) groups is 1. The highest BCUT2D eigenvalue weighted by molar-refractivity contribution is 6.33. The topological polar surface area (TPSA) is 97.1 Å². The number of nitrogens with zero attached hydrogens (tertiary/aromatic N) is 1. The average Bonchev–Trinajstić information content (AvgIpc) is 2.80. The fraction of sp³-hybridized carbons (Fsp3) is 0.136. The van der Waals surface area contributed by atoms with Gasteiger partial charge in [-0.3, -0.25) is 10.1 Å². The molecule has 3 rings (SSSR count). The summed E-state index contributed by atoms with van der Waals surface area (Å²) in [4.78, 5) is 22.0. The van der Waals surface area contributed by atoms with E-state index in [9.17, 15) is 32.5 Å². The summed E-state index contributed by atoms with van der Waals surface area (Å²) in [6.45, 7) is -0.477. The number of para-hydroxylation sites is 2. The monoisotopic (exact) mass is 515 g/mol. The van der Waals surface area contributed by atoms with Gasteiger partial charge >= 0.3 is 17.8 Å². The van der Waals surface area contributed by atoms with Crippen LogP contribution in [-0.2, 0) is 15.7 Å². The number of nitro groups is 1. The molecule has 0 unspecified atom stereocenters. The molecule has 35 heavy (non-hydrogen) atoms. The minimum absolute atomic E-state index is 0.0329. The van der Waals surface area contributed by atoms with E-state index < -0.39 is 57.3 Å². The molecule has 0 spiro atoms. The summed E-state index contributed by atoms with van der Waals surface area (Å²) in [7, 11) is 1.16. The number of methoxy groups -OCH3 is 1. The van der Waals surface area contributed by atoms with Crippen LogP contribution in [-0.4, -0.2) is 24.6 Å². The first-order valence-electron chi connectivity index (χ1n) is 9.49. The number of esters is 1. The summed E-state index contributed by atoms with van der Waals surface area (Å²) in [6.07, 6.45) is -4.87. The molecule has 0 aliphatic rings. The van der Waals surface area contributed by atoms with E-state index in [2.05, 4.69) is 4.74 Å². The van der Waals surface area contributed by atoms with Crippen LogP contribution in [0.4, 0.5) is 23.2 Å². The molecule has 0 bridgehead atoms. The second kappa shape index (κ2) is 10.5. The van der Waals surface area contributed by atoms with Crippen molar-refractivity contribution in [3.8, 4) is 28.7 Å². The molecule has 3 aromatic carbocycles. The van der Waals surface area contributed by atoms with Gasteiger partial charge in [0.25, 0.3) is 0 Å². The summed E-state index contributed by atoms with van der Waals surface area (Å²) in [5, 5.41) is 10.4. The Labute approximate surface area is 199 Å². The van der Waals surface area contributed by atoms with Gasteiger partial charge in [-0.15, -0.1) is 0 Å². The van der Waals surface area contributed by atoms with Gasteiger partial charge in [0.1, 0.15) is 5.75 Å². The van der Waals surface area contributed by atoms with Crippen molar-refractivity contribution in [3.05, 3.63) is 81.1 Å². The second-order valence-electron chi connectivity index (χ2n) is 6.64. The molecule has 0 N–H and O–H groups in total. The molecular formula is C22H14ClF4NO7. The number of benzene rings is 3. The second-order valence-corrected chi connectivity index (χ2v) is 7.02. The molecule has 0 saturated carbocycles. The maximum atomic E-state index is 14.2. The largest absolute Gasteiger partial charge is 0.478 e. The smallest absolute Gasteiger partial charge is 0.417 e. The fourth-order valence-corrected chi connectivity index (χ4v) is 3.02. The van der Waals surface area contributed by atoms with E-state index in [0.717, 1.165) is 25.3 Å². The Morgan fingerprint density at radius 2 is 1.71 bits per heavy atom. The maximum Gasteiger partial charge on any atom is 0.417 e. The molecule has 3 aromatic rings. The lowest BCUT2D eigenvalue weighted by Crippen LogP contribution is -2.12. The molecule has 0 amide bonds. The standard InChI is InChI=1S/C22H14ClF4NO7/c1-32-19(29)11-33-16-4-2-3-5-17(16)35-18-10-12(6-9-15(18)28(30)31)34-21-14(24)8-7-13(20(21)23)22(25,26)27/h2-10H,11H2,1H3. The van der Waals surface area contributed by atoms with Crippen molar-refractivity contribution in [3.63, 3.8) is 0 Å². The molecule has 0 atom stereocenters. The summed E-state index contributed by atoms with van der Waals surface area (Å²) < 4.78 is 74.1. The van der Waals surface area contributed by atoms with Gasteiger partial charge in [-0.25, -0.2) is 9.18 Å². The van der Waals surface area contributed by atoms with Gasteiger partial charge in [-0.1, -0.05) is 23.7 Å². The molecule has 0 saturated heterocycles. The van der Waals surface area contributed by atoms with Gasteiger partial charge < -0.3 is 18.9 Å². The number of alkyl halides is 3. The number of rotatable bonds is 8. The van der Waals surface area contributed by atoms with E-state index in [-0.39, 0.29) is 17.2 Å². The number of ether oxygens (including phenoxy) is 4. The van der Waals surface area contributed by atoms with Gasteiger partial charge in [0.2, 0.25) is 5.75 Å². The number of hydrogen-bond donors (Lipinski definition) is 0. The quantitative estimate of drug-likeness (QED) is 0.145. The van der Waals surface area contributed by atoms with Crippen LogP contribution in [0.25, 0.3) is 0 Å². The number of halogens is 5. The maximum absolute atomic E-state index is 14.2. The van der Waals surface area contributed by atoms with Gasteiger partial charge in [0.05, 0.1) is 22.6 Å². The molecule has 0 fully saturated rings. The van der Waals surface area contributed by atoms with Crippen molar-refractivity contribution < 1.29 is 46.2 Å². The SMILES string of the molecule is COC(=O)COc1ccccc1Oc1cc(Oc2c(F)ccc(C(F)(F)F)c2Cl)ccc1[N+](=O)[O-]. The molecule has 0 heterocycles. The van der Waals surface area contributed by atoms with Crippen LogP contribution in [0.3, 0.4) is 0 Å². The highest BCUT2D eigenvalue weighted by Crippen LogP contribution is 2.44. The lowest BCUT2D eigenvalue weighted by molar-refractivity contribution is -0.385. The van der Waals surface area contributed by atoms with E-state index in [0.29, 0.717) is 12.1 Å². The van der Waals surface area contributed by atoms with Crippen LogP contribution in [0.15, 0.2) is 54.6 Å². The summed E-state index contributed by atoms with van der Waals surface area (Å²) >= 11 is 5.71. The zero-order valence-corrected chi connectivity index (χ0v) is 18.4. The first-order chi connectivity index (χ1) is 16.5. The van der Waals surface area contributed by atoms with Crippen molar-refractivity contribution in [1.82, 2.24) is 0 Å². The van der Waals surface area contributed by atoms with Gasteiger partial charge in [-0.2, -0.15) is 13.2 Å². The third kappa shape index (κ3) is 6.09. The van der Waals surface area contributed by atoms with E-state index in [4.69, 9.17) is 25.8 Å². The molecule has 0 aliphatic carbocycles.